The van der Waals surface area contributed by atoms with Gasteiger partial charge in [0, 0.05) is 45.5 Å². The van der Waals surface area contributed by atoms with Gasteiger partial charge < -0.3 is 10.1 Å². The zero-order valence-corrected chi connectivity index (χ0v) is 13.5. The van der Waals surface area contributed by atoms with Gasteiger partial charge in [-0.1, -0.05) is 6.07 Å². The van der Waals surface area contributed by atoms with E-state index in [-0.39, 0.29) is 5.91 Å². The van der Waals surface area contributed by atoms with Crippen molar-refractivity contribution in [3.63, 3.8) is 0 Å². The van der Waals surface area contributed by atoms with E-state index in [2.05, 4.69) is 27.0 Å². The Balaban J connectivity index is 1.69. The molecule has 0 spiro atoms. The van der Waals surface area contributed by atoms with E-state index in [1.807, 2.05) is 18.2 Å². The van der Waals surface area contributed by atoms with Crippen molar-refractivity contribution in [1.82, 2.24) is 20.1 Å². The number of methoxy groups -OCH3 is 1. The zero-order chi connectivity index (χ0) is 15.8. The Labute approximate surface area is 132 Å². The van der Waals surface area contributed by atoms with Gasteiger partial charge >= 0.3 is 0 Å². The summed E-state index contributed by atoms with van der Waals surface area (Å²) in [6, 6.07) is 6.16. The molecule has 1 aliphatic rings. The SMILES string of the molecule is COCCN1CCN(CC(=O)NCc2ccccn2)C[C@H]1C. The van der Waals surface area contributed by atoms with E-state index in [9.17, 15) is 4.79 Å². The summed E-state index contributed by atoms with van der Waals surface area (Å²) in [4.78, 5) is 20.9. The highest BCUT2D eigenvalue weighted by Crippen LogP contribution is 2.08. The second-order valence-electron chi connectivity index (χ2n) is 5.71. The molecule has 1 aliphatic heterocycles. The van der Waals surface area contributed by atoms with Gasteiger partial charge in [0.25, 0.3) is 0 Å². The highest BCUT2D eigenvalue weighted by Gasteiger charge is 2.24. The second kappa shape index (κ2) is 8.82. The molecule has 6 heteroatoms. The molecule has 122 valence electrons. The molecule has 2 rings (SSSR count). The van der Waals surface area contributed by atoms with Crippen LogP contribution in [0.1, 0.15) is 12.6 Å². The van der Waals surface area contributed by atoms with Gasteiger partial charge in [-0.2, -0.15) is 0 Å². The first-order valence-electron chi connectivity index (χ1n) is 7.81. The van der Waals surface area contributed by atoms with E-state index >= 15 is 0 Å². The van der Waals surface area contributed by atoms with E-state index in [0.29, 0.717) is 19.1 Å². The molecule has 0 saturated carbocycles. The number of rotatable bonds is 7. The molecular formula is C16H26N4O2. The van der Waals surface area contributed by atoms with Crippen molar-refractivity contribution in [2.45, 2.75) is 19.5 Å². The number of nitrogens with zero attached hydrogens (tertiary/aromatic N) is 3. The molecule has 1 aromatic heterocycles. The van der Waals surface area contributed by atoms with Crippen LogP contribution in [-0.4, -0.2) is 73.2 Å². The van der Waals surface area contributed by atoms with E-state index in [0.717, 1.165) is 38.5 Å². The molecule has 1 N–H and O–H groups in total. The lowest BCUT2D eigenvalue weighted by atomic mass is 10.2. The van der Waals surface area contributed by atoms with Crippen LogP contribution in [0.3, 0.4) is 0 Å². The summed E-state index contributed by atoms with van der Waals surface area (Å²) in [6.45, 7) is 7.68. The lowest BCUT2D eigenvalue weighted by Crippen LogP contribution is -2.54. The summed E-state index contributed by atoms with van der Waals surface area (Å²) in [5.74, 6) is 0.0585. The molecule has 0 radical (unpaired) electrons. The molecule has 0 aliphatic carbocycles. The summed E-state index contributed by atoms with van der Waals surface area (Å²) < 4.78 is 5.13. The highest BCUT2D eigenvalue weighted by atomic mass is 16.5. The van der Waals surface area contributed by atoms with Crippen molar-refractivity contribution >= 4 is 5.91 Å². The number of ether oxygens (including phenoxy) is 1. The monoisotopic (exact) mass is 306 g/mol. The quantitative estimate of drug-likeness (QED) is 0.788. The number of carbonyl (C=O) groups is 1. The average molecular weight is 306 g/mol. The molecule has 0 unspecified atom stereocenters. The van der Waals surface area contributed by atoms with Crippen molar-refractivity contribution in [1.29, 1.82) is 0 Å². The number of piperazine rings is 1. The number of aromatic nitrogens is 1. The van der Waals surface area contributed by atoms with Gasteiger partial charge in [0.05, 0.1) is 25.4 Å². The van der Waals surface area contributed by atoms with Gasteiger partial charge in [-0.25, -0.2) is 0 Å². The molecule has 22 heavy (non-hydrogen) atoms. The van der Waals surface area contributed by atoms with Gasteiger partial charge in [-0.15, -0.1) is 0 Å². The average Bonchev–Trinajstić information content (AvgIpc) is 2.53. The third-order valence-electron chi connectivity index (χ3n) is 3.99. The summed E-state index contributed by atoms with van der Waals surface area (Å²) >= 11 is 0. The van der Waals surface area contributed by atoms with Crippen molar-refractivity contribution in [2.24, 2.45) is 0 Å². The van der Waals surface area contributed by atoms with E-state index in [4.69, 9.17) is 4.74 Å². The van der Waals surface area contributed by atoms with Crippen LogP contribution in [0, 0.1) is 0 Å². The fourth-order valence-electron chi connectivity index (χ4n) is 2.71. The molecule has 1 aromatic rings. The maximum atomic E-state index is 12.0. The number of carbonyl (C=O) groups excluding carboxylic acids is 1. The van der Waals surface area contributed by atoms with Crippen molar-refractivity contribution in [2.75, 3.05) is 46.4 Å². The molecule has 1 saturated heterocycles. The first-order chi connectivity index (χ1) is 10.7. The fourth-order valence-corrected chi connectivity index (χ4v) is 2.71. The Morgan fingerprint density at radius 1 is 1.45 bits per heavy atom. The van der Waals surface area contributed by atoms with Gasteiger partial charge in [-0.05, 0) is 19.1 Å². The van der Waals surface area contributed by atoms with E-state index in [1.54, 1.807) is 13.3 Å². The predicted octanol–water partition coefficient (Wildman–Crippen LogP) is 0.350. The number of pyridine rings is 1. The van der Waals surface area contributed by atoms with Gasteiger partial charge in [0.2, 0.25) is 5.91 Å². The minimum absolute atomic E-state index is 0.0585. The fraction of sp³-hybridized carbons (Fsp3) is 0.625. The number of hydrogen-bond acceptors (Lipinski definition) is 5. The van der Waals surface area contributed by atoms with Crippen LogP contribution in [-0.2, 0) is 16.1 Å². The maximum Gasteiger partial charge on any atom is 0.234 e. The molecule has 0 bridgehead atoms. The van der Waals surface area contributed by atoms with Gasteiger partial charge in [0.1, 0.15) is 0 Å². The van der Waals surface area contributed by atoms with Crippen molar-refractivity contribution in [3.8, 4) is 0 Å². The second-order valence-corrected chi connectivity index (χ2v) is 5.71. The van der Waals surface area contributed by atoms with Crippen LogP contribution < -0.4 is 5.32 Å². The van der Waals surface area contributed by atoms with Crippen LogP contribution in [0.4, 0.5) is 0 Å². The molecule has 0 aromatic carbocycles. The molecule has 1 amide bonds. The third kappa shape index (κ3) is 5.36. The topological polar surface area (TPSA) is 57.7 Å². The predicted molar refractivity (Wildman–Crippen MR) is 85.4 cm³/mol. The van der Waals surface area contributed by atoms with Gasteiger partial charge in [-0.3, -0.25) is 19.6 Å². The Morgan fingerprint density at radius 3 is 3.00 bits per heavy atom. The van der Waals surface area contributed by atoms with E-state index < -0.39 is 0 Å². The van der Waals surface area contributed by atoms with Crippen LogP contribution in [0.5, 0.6) is 0 Å². The zero-order valence-electron chi connectivity index (χ0n) is 13.5. The molecule has 2 heterocycles. The summed E-state index contributed by atoms with van der Waals surface area (Å²) in [5, 5.41) is 2.93. The van der Waals surface area contributed by atoms with Crippen molar-refractivity contribution < 1.29 is 9.53 Å². The minimum atomic E-state index is 0.0585. The van der Waals surface area contributed by atoms with Crippen LogP contribution >= 0.6 is 0 Å². The van der Waals surface area contributed by atoms with Crippen LogP contribution in [0.2, 0.25) is 0 Å². The Hall–Kier alpha value is -1.50. The lowest BCUT2D eigenvalue weighted by molar-refractivity contribution is -0.123. The lowest BCUT2D eigenvalue weighted by Gasteiger charge is -2.39. The van der Waals surface area contributed by atoms with E-state index in [1.165, 1.54) is 0 Å². The Morgan fingerprint density at radius 2 is 2.32 bits per heavy atom. The Bertz CT molecular complexity index is 455. The smallest absolute Gasteiger partial charge is 0.234 e. The maximum absolute atomic E-state index is 12.0. The standard InChI is InChI=1S/C16H26N4O2/c1-14-12-19(7-8-20(14)9-10-22-2)13-16(21)18-11-15-5-3-4-6-17-15/h3-6,14H,7-13H2,1-2H3,(H,18,21)/t14-/m1/s1. The molecular weight excluding hydrogens is 280 g/mol. The number of nitrogens with one attached hydrogen (secondary N) is 1. The summed E-state index contributed by atoms with van der Waals surface area (Å²) in [5.41, 5.74) is 0.883. The summed E-state index contributed by atoms with van der Waals surface area (Å²) in [7, 11) is 1.73. The van der Waals surface area contributed by atoms with Crippen molar-refractivity contribution in [3.05, 3.63) is 30.1 Å². The van der Waals surface area contributed by atoms with Crippen LogP contribution in [0.15, 0.2) is 24.4 Å². The molecule has 1 fully saturated rings. The number of hydrogen-bond donors (Lipinski definition) is 1. The third-order valence-corrected chi connectivity index (χ3v) is 3.99. The molecule has 6 nitrogen and oxygen atoms in total. The summed E-state index contributed by atoms with van der Waals surface area (Å²) in [6.07, 6.45) is 1.74. The normalized spacial score (nSPS) is 20.0. The Kier molecular flexibility index (Phi) is 6.76. The number of amides is 1. The minimum Gasteiger partial charge on any atom is -0.383 e. The first-order valence-corrected chi connectivity index (χ1v) is 7.81. The van der Waals surface area contributed by atoms with Crippen LogP contribution in [0.25, 0.3) is 0 Å². The highest BCUT2D eigenvalue weighted by molar-refractivity contribution is 5.77. The first kappa shape index (κ1) is 16.9. The largest absolute Gasteiger partial charge is 0.383 e. The molecule has 1 atom stereocenters. The van der Waals surface area contributed by atoms with Gasteiger partial charge in [0.15, 0.2) is 0 Å².